The Labute approximate surface area is 113 Å². The molecule has 0 fully saturated rings. The summed E-state index contributed by atoms with van der Waals surface area (Å²) in [5, 5.41) is 11.7. The predicted octanol–water partition coefficient (Wildman–Crippen LogP) is 3.41. The van der Waals surface area contributed by atoms with Gasteiger partial charge in [0.1, 0.15) is 0 Å². The molecule has 1 aromatic carbocycles. The first-order valence-electron chi connectivity index (χ1n) is 5.33. The lowest BCUT2D eigenvalue weighted by Gasteiger charge is -2.23. The summed E-state index contributed by atoms with van der Waals surface area (Å²) >= 11 is 7.49. The van der Waals surface area contributed by atoms with E-state index < -0.39 is 0 Å². The van der Waals surface area contributed by atoms with Crippen LogP contribution in [0.4, 0.5) is 5.69 Å². The van der Waals surface area contributed by atoms with Gasteiger partial charge < -0.3 is 0 Å². The Morgan fingerprint density at radius 1 is 1.39 bits per heavy atom. The molecule has 5 nitrogen and oxygen atoms in total. The summed E-state index contributed by atoms with van der Waals surface area (Å²) in [5.41, 5.74) is 1.92. The van der Waals surface area contributed by atoms with E-state index in [0.717, 1.165) is 16.4 Å². The van der Waals surface area contributed by atoms with E-state index in [1.165, 1.54) is 0 Å². The summed E-state index contributed by atoms with van der Waals surface area (Å²) in [7, 11) is 0. The molecule has 0 unspecified atom stereocenters. The lowest BCUT2D eigenvalue weighted by Crippen LogP contribution is -2.29. The number of thioether (sulfide) groups is 1. The van der Waals surface area contributed by atoms with Crippen LogP contribution in [0, 0.1) is 0 Å². The van der Waals surface area contributed by atoms with E-state index in [1.54, 1.807) is 23.1 Å². The molecule has 0 spiro atoms. The third-order valence-corrected chi connectivity index (χ3v) is 3.53. The minimum atomic E-state index is 0.653. The molecular formula is C11H10ClN5S. The van der Waals surface area contributed by atoms with Crippen LogP contribution >= 0.6 is 23.4 Å². The van der Waals surface area contributed by atoms with Gasteiger partial charge in [0.15, 0.2) is 5.16 Å². The average Bonchev–Trinajstić information content (AvgIpc) is 2.86. The highest BCUT2D eigenvalue weighted by Crippen LogP contribution is 2.29. The van der Waals surface area contributed by atoms with Crippen molar-refractivity contribution in [1.29, 1.82) is 0 Å². The molecule has 0 N–H and O–H groups in total. The molecule has 0 saturated carbocycles. The smallest absolute Gasteiger partial charge is 0.188 e. The molecule has 3 rings (SSSR count). The summed E-state index contributed by atoms with van der Waals surface area (Å²) in [5.74, 6) is 0. The van der Waals surface area contributed by atoms with Gasteiger partial charge in [0, 0.05) is 23.0 Å². The third-order valence-electron chi connectivity index (χ3n) is 2.63. The second-order valence-corrected chi connectivity index (χ2v) is 4.96. The third kappa shape index (κ3) is 1.97. The molecule has 18 heavy (non-hydrogen) atoms. The summed E-state index contributed by atoms with van der Waals surface area (Å²) in [6.07, 6.45) is 5.60. The van der Waals surface area contributed by atoms with Gasteiger partial charge in [-0.1, -0.05) is 29.4 Å². The van der Waals surface area contributed by atoms with Gasteiger partial charge >= 0.3 is 0 Å². The fourth-order valence-electron chi connectivity index (χ4n) is 1.77. The number of hydrogen-bond acceptors (Lipinski definition) is 5. The molecule has 1 aromatic heterocycles. The van der Waals surface area contributed by atoms with Crippen LogP contribution in [0.5, 0.6) is 0 Å². The molecular weight excluding hydrogens is 270 g/mol. The molecule has 1 aliphatic rings. The highest BCUT2D eigenvalue weighted by atomic mass is 35.5. The van der Waals surface area contributed by atoms with E-state index in [4.69, 9.17) is 11.6 Å². The number of halogens is 1. The van der Waals surface area contributed by atoms with E-state index in [9.17, 15) is 0 Å². The van der Waals surface area contributed by atoms with Crippen molar-refractivity contribution in [3.63, 3.8) is 0 Å². The van der Waals surface area contributed by atoms with E-state index in [1.807, 2.05) is 35.3 Å². The Morgan fingerprint density at radius 2 is 2.28 bits per heavy atom. The normalized spacial score (nSPS) is 13.8. The minimum absolute atomic E-state index is 0.653. The molecule has 1 aliphatic heterocycles. The Morgan fingerprint density at radius 3 is 3.11 bits per heavy atom. The lowest BCUT2D eigenvalue weighted by molar-refractivity contribution is 0.528. The Bertz CT molecular complexity index is 609. The molecule has 0 aliphatic carbocycles. The first-order chi connectivity index (χ1) is 8.78. The molecule has 2 aromatic rings. The van der Waals surface area contributed by atoms with Crippen molar-refractivity contribution in [2.45, 2.75) is 11.7 Å². The number of fused-ring (bicyclic) bond motifs is 1. The van der Waals surface area contributed by atoms with Crippen molar-refractivity contribution >= 4 is 29.1 Å². The number of hydrogen-bond donors (Lipinski definition) is 0. The first-order valence-corrected chi connectivity index (χ1v) is 6.93. The van der Waals surface area contributed by atoms with Crippen molar-refractivity contribution in [3.05, 3.63) is 41.2 Å². The van der Waals surface area contributed by atoms with Crippen LogP contribution in [0.25, 0.3) is 0 Å². The summed E-state index contributed by atoms with van der Waals surface area (Å²) in [6, 6.07) is 5.66. The maximum atomic E-state index is 5.93. The standard InChI is InChI=1S/C11H10ClN5S/c1-18-11-13-4-5-16(11)17-7-8-2-3-9(12)6-10(8)14-15-17/h2-6H,7H2,1H3. The van der Waals surface area contributed by atoms with Crippen LogP contribution in [0.3, 0.4) is 0 Å². The van der Waals surface area contributed by atoms with Crippen molar-refractivity contribution < 1.29 is 0 Å². The fraction of sp³-hybridized carbons (Fsp3) is 0.182. The van der Waals surface area contributed by atoms with Gasteiger partial charge in [0.2, 0.25) is 0 Å². The Balaban J connectivity index is 1.94. The van der Waals surface area contributed by atoms with Gasteiger partial charge in [0.25, 0.3) is 0 Å². The molecule has 0 atom stereocenters. The lowest BCUT2D eigenvalue weighted by atomic mass is 10.2. The highest BCUT2D eigenvalue weighted by Gasteiger charge is 2.16. The van der Waals surface area contributed by atoms with Crippen LogP contribution in [0.15, 0.2) is 46.1 Å². The van der Waals surface area contributed by atoms with E-state index in [0.29, 0.717) is 11.6 Å². The molecule has 7 heteroatoms. The van der Waals surface area contributed by atoms with Gasteiger partial charge in [-0.05, 0) is 23.6 Å². The van der Waals surface area contributed by atoms with Crippen molar-refractivity contribution in [1.82, 2.24) is 9.66 Å². The maximum absolute atomic E-state index is 5.93. The minimum Gasteiger partial charge on any atom is -0.230 e. The van der Waals surface area contributed by atoms with Crippen molar-refractivity contribution in [3.8, 4) is 0 Å². The topological polar surface area (TPSA) is 45.8 Å². The molecule has 0 saturated heterocycles. The monoisotopic (exact) mass is 279 g/mol. The second-order valence-electron chi connectivity index (χ2n) is 3.75. The number of nitrogens with zero attached hydrogens (tertiary/aromatic N) is 5. The van der Waals surface area contributed by atoms with Crippen molar-refractivity contribution in [2.75, 3.05) is 11.4 Å². The highest BCUT2D eigenvalue weighted by molar-refractivity contribution is 7.98. The summed E-state index contributed by atoms with van der Waals surface area (Å²) in [6.45, 7) is 0.653. The van der Waals surface area contributed by atoms with Crippen LogP contribution in [-0.4, -0.2) is 15.9 Å². The largest absolute Gasteiger partial charge is 0.230 e. The molecule has 0 bridgehead atoms. The van der Waals surface area contributed by atoms with Crippen LogP contribution in [0.2, 0.25) is 5.02 Å². The first kappa shape index (κ1) is 11.6. The van der Waals surface area contributed by atoms with Gasteiger partial charge in [-0.3, -0.25) is 0 Å². The number of aromatic nitrogens is 2. The summed E-state index contributed by atoms with van der Waals surface area (Å²) < 4.78 is 1.88. The fourth-order valence-corrected chi connectivity index (χ4v) is 2.45. The number of rotatable bonds is 2. The quantitative estimate of drug-likeness (QED) is 0.792. The van der Waals surface area contributed by atoms with Crippen LogP contribution < -0.4 is 5.12 Å². The maximum Gasteiger partial charge on any atom is 0.188 e. The zero-order valence-corrected chi connectivity index (χ0v) is 11.2. The Hall–Kier alpha value is -1.53. The van der Waals surface area contributed by atoms with Gasteiger partial charge in [-0.25, -0.2) is 9.66 Å². The van der Waals surface area contributed by atoms with E-state index >= 15 is 0 Å². The molecule has 2 heterocycles. The second kappa shape index (κ2) is 4.62. The summed E-state index contributed by atoms with van der Waals surface area (Å²) in [4.78, 5) is 4.24. The number of imidazole rings is 1. The van der Waals surface area contributed by atoms with E-state index in [-0.39, 0.29) is 0 Å². The van der Waals surface area contributed by atoms with Crippen LogP contribution in [0.1, 0.15) is 5.56 Å². The molecule has 92 valence electrons. The zero-order valence-electron chi connectivity index (χ0n) is 9.62. The SMILES string of the molecule is CSc1nccn1N1Cc2ccc(Cl)cc2N=N1. The van der Waals surface area contributed by atoms with Gasteiger partial charge in [-0.2, -0.15) is 5.12 Å². The zero-order chi connectivity index (χ0) is 12.5. The average molecular weight is 280 g/mol. The van der Waals surface area contributed by atoms with E-state index in [2.05, 4.69) is 15.3 Å². The van der Waals surface area contributed by atoms with Gasteiger partial charge in [0.05, 0.1) is 12.2 Å². The molecule has 0 radical (unpaired) electrons. The number of benzene rings is 1. The van der Waals surface area contributed by atoms with Gasteiger partial charge in [-0.15, -0.1) is 5.11 Å². The van der Waals surface area contributed by atoms with Crippen LogP contribution in [-0.2, 0) is 6.54 Å². The Kier molecular flexibility index (Phi) is 2.97. The molecule has 0 amide bonds. The van der Waals surface area contributed by atoms with Crippen molar-refractivity contribution in [2.24, 2.45) is 10.3 Å². The predicted molar refractivity (Wildman–Crippen MR) is 71.9 cm³/mol.